The molecular weight excluding hydrogens is 458 g/mol. The van der Waals surface area contributed by atoms with Gasteiger partial charge in [-0.2, -0.15) is 5.10 Å². The summed E-state index contributed by atoms with van der Waals surface area (Å²) in [6.45, 7) is 3.81. The molecule has 2 amide bonds. The number of rotatable bonds is 11. The Bertz CT molecular complexity index is 1240. The second kappa shape index (κ2) is 13.2. The van der Waals surface area contributed by atoms with Crippen molar-refractivity contribution in [2.75, 3.05) is 39.1 Å². The molecule has 0 aliphatic heterocycles. The van der Waals surface area contributed by atoms with Crippen LogP contribution in [0.15, 0.2) is 65.5 Å². The highest BCUT2D eigenvalue weighted by atomic mass is 16.5. The molecule has 9 heteroatoms. The maximum Gasteiger partial charge on any atom is 0.411 e. The molecule has 1 heterocycles. The van der Waals surface area contributed by atoms with Gasteiger partial charge in [-0.05, 0) is 69.4 Å². The van der Waals surface area contributed by atoms with E-state index in [9.17, 15) is 14.4 Å². The first-order chi connectivity index (χ1) is 17.3. The highest BCUT2D eigenvalue weighted by molar-refractivity contribution is 5.84. The minimum Gasteiger partial charge on any atom is -0.450 e. The van der Waals surface area contributed by atoms with Crippen LogP contribution in [0.2, 0.25) is 0 Å². The van der Waals surface area contributed by atoms with Crippen LogP contribution >= 0.6 is 0 Å². The van der Waals surface area contributed by atoms with Gasteiger partial charge in [-0.3, -0.25) is 14.9 Å². The van der Waals surface area contributed by atoms with Crippen molar-refractivity contribution in [2.24, 2.45) is 0 Å². The summed E-state index contributed by atoms with van der Waals surface area (Å²) >= 11 is 0. The van der Waals surface area contributed by atoms with E-state index in [1.807, 2.05) is 44.4 Å². The number of carbonyl (C=O) groups excluding carboxylic acids is 2. The molecule has 2 N–H and O–H groups in total. The fraction of sp³-hybridized carbons (Fsp3) is 0.333. The van der Waals surface area contributed by atoms with Crippen molar-refractivity contribution in [1.29, 1.82) is 0 Å². The van der Waals surface area contributed by atoms with Gasteiger partial charge in [0.1, 0.15) is 0 Å². The molecule has 3 rings (SSSR count). The standard InChI is InChI=1S/C27H33N5O4/c1-4-36-27(35)29-23-11-6-9-21(17-23)19-32-26(34)13-12-24(30-32)22-10-5-8-20(16-22)18-25(33)28-14-7-15-31(2)3/h5-6,8-13,16-17H,4,7,14-15,18-19H2,1-3H3,(H,28,33)(H,29,35). The van der Waals surface area contributed by atoms with Crippen molar-refractivity contribution in [1.82, 2.24) is 20.0 Å². The van der Waals surface area contributed by atoms with E-state index < -0.39 is 6.09 Å². The van der Waals surface area contributed by atoms with Crippen LogP contribution in [0, 0.1) is 0 Å². The maximum absolute atomic E-state index is 12.5. The van der Waals surface area contributed by atoms with Gasteiger partial charge in [0, 0.05) is 23.9 Å². The number of amides is 2. The molecule has 190 valence electrons. The zero-order chi connectivity index (χ0) is 25.9. The van der Waals surface area contributed by atoms with Crippen molar-refractivity contribution < 1.29 is 14.3 Å². The first-order valence-electron chi connectivity index (χ1n) is 12.0. The van der Waals surface area contributed by atoms with Crippen molar-refractivity contribution in [3.05, 3.63) is 82.1 Å². The summed E-state index contributed by atoms with van der Waals surface area (Å²) in [6, 6.07) is 17.9. The number of benzene rings is 2. The third-order valence-electron chi connectivity index (χ3n) is 5.34. The van der Waals surface area contributed by atoms with E-state index in [1.54, 1.807) is 31.2 Å². The van der Waals surface area contributed by atoms with E-state index in [4.69, 9.17) is 4.74 Å². The molecule has 0 radical (unpaired) electrons. The van der Waals surface area contributed by atoms with Gasteiger partial charge in [-0.1, -0.05) is 30.3 Å². The molecule has 0 fully saturated rings. The Kier molecular flexibility index (Phi) is 9.76. The minimum atomic E-state index is -0.533. The average Bonchev–Trinajstić information content (AvgIpc) is 2.84. The Morgan fingerprint density at radius 3 is 2.58 bits per heavy atom. The van der Waals surface area contributed by atoms with Crippen LogP contribution in [0.3, 0.4) is 0 Å². The predicted octanol–water partition coefficient (Wildman–Crippen LogP) is 3.14. The van der Waals surface area contributed by atoms with E-state index in [1.165, 1.54) is 10.7 Å². The quantitative estimate of drug-likeness (QED) is 0.399. The predicted molar refractivity (Wildman–Crippen MR) is 140 cm³/mol. The van der Waals surface area contributed by atoms with E-state index in [2.05, 4.69) is 20.6 Å². The normalized spacial score (nSPS) is 10.8. The van der Waals surface area contributed by atoms with E-state index in [0.717, 1.165) is 29.7 Å². The summed E-state index contributed by atoms with van der Waals surface area (Å²) < 4.78 is 6.29. The molecule has 1 aromatic heterocycles. The summed E-state index contributed by atoms with van der Waals surface area (Å²) in [5.74, 6) is -0.0276. The second-order valence-corrected chi connectivity index (χ2v) is 8.64. The molecule has 0 bridgehead atoms. The topological polar surface area (TPSA) is 106 Å². The fourth-order valence-electron chi connectivity index (χ4n) is 3.63. The zero-order valence-corrected chi connectivity index (χ0v) is 21.0. The molecule has 0 saturated carbocycles. The number of ether oxygens (including phenoxy) is 1. The number of carbonyl (C=O) groups is 2. The molecular formula is C27H33N5O4. The van der Waals surface area contributed by atoms with E-state index in [0.29, 0.717) is 17.9 Å². The molecule has 0 unspecified atom stereocenters. The van der Waals surface area contributed by atoms with Crippen LogP contribution in [0.5, 0.6) is 0 Å². The maximum atomic E-state index is 12.5. The SMILES string of the molecule is CCOC(=O)Nc1cccc(Cn2nc(-c3cccc(CC(=O)NCCCN(C)C)c3)ccc2=O)c1. The lowest BCUT2D eigenvalue weighted by Crippen LogP contribution is -2.28. The molecule has 0 atom stereocenters. The highest BCUT2D eigenvalue weighted by Crippen LogP contribution is 2.18. The van der Waals surface area contributed by atoms with Gasteiger partial charge in [0.15, 0.2) is 0 Å². The smallest absolute Gasteiger partial charge is 0.411 e. The van der Waals surface area contributed by atoms with Gasteiger partial charge in [-0.15, -0.1) is 0 Å². The minimum absolute atomic E-state index is 0.0276. The summed E-state index contributed by atoms with van der Waals surface area (Å²) in [5.41, 5.74) is 3.45. The van der Waals surface area contributed by atoms with Gasteiger partial charge < -0.3 is 15.0 Å². The summed E-state index contributed by atoms with van der Waals surface area (Å²) in [6.07, 6.45) is 0.635. The third kappa shape index (κ3) is 8.35. The summed E-state index contributed by atoms with van der Waals surface area (Å²) in [7, 11) is 4.01. The average molecular weight is 492 g/mol. The highest BCUT2D eigenvalue weighted by Gasteiger charge is 2.09. The van der Waals surface area contributed by atoms with Gasteiger partial charge in [-0.25, -0.2) is 9.48 Å². The second-order valence-electron chi connectivity index (χ2n) is 8.64. The van der Waals surface area contributed by atoms with Crippen LogP contribution in [-0.4, -0.2) is 60.5 Å². The van der Waals surface area contributed by atoms with Crippen LogP contribution in [0.25, 0.3) is 11.3 Å². The molecule has 0 aliphatic rings. The van der Waals surface area contributed by atoms with Crippen molar-refractivity contribution in [3.63, 3.8) is 0 Å². The molecule has 0 aliphatic carbocycles. The monoisotopic (exact) mass is 491 g/mol. The number of aromatic nitrogens is 2. The van der Waals surface area contributed by atoms with Crippen LogP contribution in [-0.2, 0) is 22.5 Å². The molecule has 3 aromatic rings. The Balaban J connectivity index is 1.70. The first kappa shape index (κ1) is 26.6. The first-order valence-corrected chi connectivity index (χ1v) is 12.0. The third-order valence-corrected chi connectivity index (χ3v) is 5.34. The van der Waals surface area contributed by atoms with Crippen molar-refractivity contribution in [3.8, 4) is 11.3 Å². The Labute approximate surface area is 211 Å². The Morgan fingerprint density at radius 1 is 1.03 bits per heavy atom. The molecule has 0 saturated heterocycles. The van der Waals surface area contributed by atoms with Gasteiger partial charge in [0.25, 0.3) is 5.56 Å². The van der Waals surface area contributed by atoms with E-state index in [-0.39, 0.29) is 31.0 Å². The van der Waals surface area contributed by atoms with Crippen molar-refractivity contribution in [2.45, 2.75) is 26.3 Å². The van der Waals surface area contributed by atoms with Gasteiger partial charge in [0.2, 0.25) is 5.91 Å². The Morgan fingerprint density at radius 2 is 1.81 bits per heavy atom. The molecule has 0 spiro atoms. The van der Waals surface area contributed by atoms with Gasteiger partial charge >= 0.3 is 6.09 Å². The largest absolute Gasteiger partial charge is 0.450 e. The summed E-state index contributed by atoms with van der Waals surface area (Å²) in [5, 5.41) is 10.2. The lowest BCUT2D eigenvalue weighted by molar-refractivity contribution is -0.120. The Hall–Kier alpha value is -3.98. The zero-order valence-electron chi connectivity index (χ0n) is 21.0. The number of hydrogen-bond donors (Lipinski definition) is 2. The number of anilines is 1. The van der Waals surface area contributed by atoms with E-state index >= 15 is 0 Å². The molecule has 2 aromatic carbocycles. The summed E-state index contributed by atoms with van der Waals surface area (Å²) in [4.78, 5) is 38.6. The van der Waals surface area contributed by atoms with Crippen LogP contribution in [0.4, 0.5) is 10.5 Å². The molecule has 9 nitrogen and oxygen atoms in total. The van der Waals surface area contributed by atoms with Crippen LogP contribution in [0.1, 0.15) is 24.5 Å². The molecule has 36 heavy (non-hydrogen) atoms. The number of nitrogens with one attached hydrogen (secondary N) is 2. The lowest BCUT2D eigenvalue weighted by Gasteiger charge is -2.11. The van der Waals surface area contributed by atoms with Gasteiger partial charge in [0.05, 0.1) is 25.3 Å². The fourth-order valence-corrected chi connectivity index (χ4v) is 3.63. The number of nitrogens with zero attached hydrogens (tertiary/aromatic N) is 3. The van der Waals surface area contributed by atoms with Crippen LogP contribution < -0.4 is 16.2 Å². The van der Waals surface area contributed by atoms with Crippen molar-refractivity contribution >= 4 is 17.7 Å². The lowest BCUT2D eigenvalue weighted by atomic mass is 10.1. The number of hydrogen-bond acceptors (Lipinski definition) is 6.